The minimum absolute atomic E-state index is 0.135. The number of aryl methyl sites for hydroxylation is 2. The van der Waals surface area contributed by atoms with E-state index in [9.17, 15) is 18.5 Å². The quantitative estimate of drug-likeness (QED) is 0.634. The molecule has 0 radical (unpaired) electrons. The summed E-state index contributed by atoms with van der Waals surface area (Å²) < 4.78 is 26.7. The third kappa shape index (κ3) is 3.14. The molecule has 8 nitrogen and oxygen atoms in total. The van der Waals surface area contributed by atoms with Crippen LogP contribution < -0.4 is 10.0 Å². The topological polar surface area (TPSA) is 114 Å². The van der Waals surface area contributed by atoms with E-state index in [1.165, 1.54) is 18.4 Å². The van der Waals surface area contributed by atoms with Gasteiger partial charge in [0.15, 0.2) is 10.1 Å². The van der Waals surface area contributed by atoms with Gasteiger partial charge in [0, 0.05) is 18.0 Å². The number of nitrogens with one attached hydrogen (secondary N) is 2. The van der Waals surface area contributed by atoms with Crippen molar-refractivity contribution in [2.75, 3.05) is 17.1 Å². The molecule has 2 aromatic rings. The summed E-state index contributed by atoms with van der Waals surface area (Å²) in [5.41, 5.74) is 0.472. The summed E-state index contributed by atoms with van der Waals surface area (Å²) >= 11 is 2.01. The van der Waals surface area contributed by atoms with Gasteiger partial charge in [0.25, 0.3) is 10.0 Å². The lowest BCUT2D eigenvalue weighted by Gasteiger charge is -2.01. The molecule has 0 aliphatic rings. The molecule has 0 aliphatic carbocycles. The van der Waals surface area contributed by atoms with Gasteiger partial charge in [-0.25, -0.2) is 13.4 Å². The van der Waals surface area contributed by atoms with Crippen molar-refractivity contribution in [3.63, 3.8) is 0 Å². The SMILES string of the molecule is CNc1sc(S(=O)(=O)Nc2nc(C)c(C)s2)cc1[N+](=O)[O-]. The van der Waals surface area contributed by atoms with Gasteiger partial charge in [-0.15, -0.1) is 11.3 Å². The van der Waals surface area contributed by atoms with Crippen LogP contribution >= 0.6 is 22.7 Å². The molecule has 2 heterocycles. The second kappa shape index (κ2) is 5.58. The van der Waals surface area contributed by atoms with Crippen LogP contribution in [0.4, 0.5) is 15.8 Å². The van der Waals surface area contributed by atoms with Crippen LogP contribution in [0.1, 0.15) is 10.6 Å². The molecule has 0 bridgehead atoms. The average molecular weight is 348 g/mol. The van der Waals surface area contributed by atoms with Gasteiger partial charge < -0.3 is 5.32 Å². The van der Waals surface area contributed by atoms with Gasteiger partial charge >= 0.3 is 5.69 Å². The van der Waals surface area contributed by atoms with Gasteiger partial charge in [0.05, 0.1) is 10.6 Å². The second-order valence-corrected chi connectivity index (χ2v) is 8.22. The van der Waals surface area contributed by atoms with Crippen LogP contribution in [0.25, 0.3) is 0 Å². The van der Waals surface area contributed by atoms with E-state index < -0.39 is 14.9 Å². The summed E-state index contributed by atoms with van der Waals surface area (Å²) in [7, 11) is -2.39. The maximum Gasteiger partial charge on any atom is 0.304 e. The Balaban J connectivity index is 2.37. The first-order valence-corrected chi connectivity index (χ1v) is 8.79. The van der Waals surface area contributed by atoms with E-state index in [1.807, 2.05) is 6.92 Å². The summed E-state index contributed by atoms with van der Waals surface area (Å²) in [6, 6.07) is 1.03. The van der Waals surface area contributed by atoms with Gasteiger partial charge in [-0.05, 0) is 13.8 Å². The predicted octanol–water partition coefficient (Wildman–Crippen LogP) is 2.57. The highest BCUT2D eigenvalue weighted by molar-refractivity contribution is 7.95. The highest BCUT2D eigenvalue weighted by Gasteiger charge is 2.26. The molecule has 0 saturated carbocycles. The number of thiophene rings is 1. The first-order valence-electron chi connectivity index (χ1n) is 5.67. The number of nitro groups is 1. The molecule has 21 heavy (non-hydrogen) atoms. The predicted molar refractivity (Wildman–Crippen MR) is 82.9 cm³/mol. The Bertz CT molecular complexity index is 774. The van der Waals surface area contributed by atoms with E-state index in [4.69, 9.17) is 0 Å². The second-order valence-electron chi connectivity index (χ2n) is 4.05. The molecule has 114 valence electrons. The number of hydrogen-bond donors (Lipinski definition) is 2. The van der Waals surface area contributed by atoms with Gasteiger partial charge in [-0.2, -0.15) is 0 Å². The monoisotopic (exact) mass is 348 g/mol. The minimum atomic E-state index is -3.89. The number of sulfonamides is 1. The Morgan fingerprint density at radius 2 is 2.00 bits per heavy atom. The third-order valence-corrected chi connectivity index (χ3v) is 6.70. The van der Waals surface area contributed by atoms with Crippen molar-refractivity contribution in [2.45, 2.75) is 18.1 Å². The first-order chi connectivity index (χ1) is 9.74. The van der Waals surface area contributed by atoms with Gasteiger partial charge in [0.1, 0.15) is 4.21 Å². The fourth-order valence-electron chi connectivity index (χ4n) is 1.49. The number of anilines is 2. The molecular weight excluding hydrogens is 336 g/mol. The molecule has 0 amide bonds. The fraction of sp³-hybridized carbons (Fsp3) is 0.300. The number of aromatic nitrogens is 1. The standard InChI is InChI=1S/C10H12N4O4S3/c1-5-6(2)19-10(12-5)13-21(17,18)8-4-7(14(15)16)9(11-3)20-8/h4,11H,1-3H3,(H,12,13). The molecule has 0 aromatic carbocycles. The van der Waals surface area contributed by atoms with E-state index in [1.54, 1.807) is 6.92 Å². The zero-order chi connectivity index (χ0) is 15.8. The lowest BCUT2D eigenvalue weighted by molar-refractivity contribution is -0.383. The maximum atomic E-state index is 12.2. The van der Waals surface area contributed by atoms with Crippen molar-refractivity contribution in [3.8, 4) is 0 Å². The lowest BCUT2D eigenvalue weighted by atomic mass is 10.4. The smallest absolute Gasteiger partial charge is 0.304 e. The highest BCUT2D eigenvalue weighted by Crippen LogP contribution is 2.37. The normalized spacial score (nSPS) is 11.4. The highest BCUT2D eigenvalue weighted by atomic mass is 32.2. The Morgan fingerprint density at radius 1 is 1.33 bits per heavy atom. The van der Waals surface area contributed by atoms with Crippen LogP contribution in [0.2, 0.25) is 0 Å². The van der Waals surface area contributed by atoms with E-state index in [0.29, 0.717) is 0 Å². The number of nitrogens with zero attached hydrogens (tertiary/aromatic N) is 2. The summed E-state index contributed by atoms with van der Waals surface area (Å²) in [5, 5.41) is 13.9. The molecule has 2 aromatic heterocycles. The van der Waals surface area contributed by atoms with Crippen molar-refractivity contribution >= 4 is 48.5 Å². The van der Waals surface area contributed by atoms with Crippen molar-refractivity contribution in [1.82, 2.24) is 4.98 Å². The molecule has 0 aliphatic heterocycles. The molecule has 0 saturated heterocycles. The summed E-state index contributed by atoms with van der Waals surface area (Å²) in [6.07, 6.45) is 0. The van der Waals surface area contributed by atoms with Gasteiger partial charge in [-0.1, -0.05) is 11.3 Å². The van der Waals surface area contributed by atoms with E-state index >= 15 is 0 Å². The number of thiazole rings is 1. The molecule has 0 spiro atoms. The van der Waals surface area contributed by atoms with Crippen LogP contribution in [-0.2, 0) is 10.0 Å². The molecule has 2 N–H and O–H groups in total. The Morgan fingerprint density at radius 3 is 2.43 bits per heavy atom. The van der Waals surface area contributed by atoms with E-state index in [0.717, 1.165) is 28.0 Å². The van der Waals surface area contributed by atoms with Crippen LogP contribution in [0.5, 0.6) is 0 Å². The zero-order valence-corrected chi connectivity index (χ0v) is 13.8. The number of hydrogen-bond acceptors (Lipinski definition) is 8. The first kappa shape index (κ1) is 15.7. The van der Waals surface area contributed by atoms with Crippen molar-refractivity contribution < 1.29 is 13.3 Å². The largest absolute Gasteiger partial charge is 0.374 e. The van der Waals surface area contributed by atoms with Crippen molar-refractivity contribution in [1.29, 1.82) is 0 Å². The summed E-state index contributed by atoms with van der Waals surface area (Å²) in [4.78, 5) is 15.2. The third-order valence-electron chi connectivity index (χ3n) is 2.63. The Kier molecular flexibility index (Phi) is 4.16. The zero-order valence-electron chi connectivity index (χ0n) is 11.3. The van der Waals surface area contributed by atoms with Crippen LogP contribution in [0.15, 0.2) is 10.3 Å². The molecule has 0 atom stereocenters. The molecule has 0 unspecified atom stereocenters. The van der Waals surface area contributed by atoms with Crippen LogP contribution in [0.3, 0.4) is 0 Å². The van der Waals surface area contributed by atoms with Crippen LogP contribution in [0, 0.1) is 24.0 Å². The summed E-state index contributed by atoms with van der Waals surface area (Å²) in [5.74, 6) is 0. The summed E-state index contributed by atoms with van der Waals surface area (Å²) in [6.45, 7) is 3.61. The molecule has 0 fully saturated rings. The van der Waals surface area contributed by atoms with Crippen molar-refractivity contribution in [3.05, 3.63) is 26.8 Å². The molecule has 2 rings (SSSR count). The van der Waals surface area contributed by atoms with E-state index in [-0.39, 0.29) is 20.0 Å². The Hall–Kier alpha value is -1.72. The average Bonchev–Trinajstić information content (AvgIpc) is 2.93. The minimum Gasteiger partial charge on any atom is -0.374 e. The van der Waals surface area contributed by atoms with Crippen LogP contribution in [-0.4, -0.2) is 25.4 Å². The van der Waals surface area contributed by atoms with Gasteiger partial charge in [0.2, 0.25) is 0 Å². The lowest BCUT2D eigenvalue weighted by Crippen LogP contribution is -2.11. The number of rotatable bonds is 5. The maximum absolute atomic E-state index is 12.2. The van der Waals surface area contributed by atoms with Crippen molar-refractivity contribution in [2.24, 2.45) is 0 Å². The Labute approximate surface area is 129 Å². The van der Waals surface area contributed by atoms with Gasteiger partial charge in [-0.3, -0.25) is 14.8 Å². The van der Waals surface area contributed by atoms with E-state index in [2.05, 4.69) is 15.0 Å². The molecular formula is C10H12N4O4S3. The molecule has 11 heteroatoms. The fourth-order valence-corrected chi connectivity index (χ4v) is 4.82.